The van der Waals surface area contributed by atoms with Gasteiger partial charge in [0, 0.05) is 23.9 Å². The lowest BCUT2D eigenvalue weighted by atomic mass is 10.1. The van der Waals surface area contributed by atoms with Gasteiger partial charge in [-0.15, -0.1) is 0 Å². The zero-order chi connectivity index (χ0) is 16.1. The zero-order valence-electron chi connectivity index (χ0n) is 11.8. The topological polar surface area (TPSA) is 152 Å². The minimum absolute atomic E-state index is 0.0589. The van der Waals surface area contributed by atoms with Crippen molar-refractivity contribution in [3.05, 3.63) is 23.8 Å². The second-order valence-electron chi connectivity index (χ2n) is 4.91. The van der Waals surface area contributed by atoms with Gasteiger partial charge in [0.05, 0.1) is 19.2 Å². The van der Waals surface area contributed by atoms with Crippen molar-refractivity contribution in [3.8, 4) is 5.75 Å². The summed E-state index contributed by atoms with van der Waals surface area (Å²) in [6.07, 6.45) is -1.67. The number of benzene rings is 1. The highest BCUT2D eigenvalue weighted by Crippen LogP contribution is 2.23. The number of guanidine groups is 1. The van der Waals surface area contributed by atoms with Crippen LogP contribution < -0.4 is 21.7 Å². The Morgan fingerprint density at radius 1 is 1.50 bits per heavy atom. The molecule has 1 amide bonds. The molecular weight excluding hydrogens is 290 g/mol. The van der Waals surface area contributed by atoms with E-state index in [-0.39, 0.29) is 18.8 Å². The predicted molar refractivity (Wildman–Crippen MR) is 80.2 cm³/mol. The first kappa shape index (κ1) is 16.0. The monoisotopic (exact) mass is 309 g/mol. The molecule has 0 saturated carbocycles. The Balaban J connectivity index is 2.07. The molecule has 9 heteroatoms. The van der Waals surface area contributed by atoms with Crippen molar-refractivity contribution in [2.24, 2.45) is 10.7 Å². The summed E-state index contributed by atoms with van der Waals surface area (Å²) in [7, 11) is 0. The van der Waals surface area contributed by atoms with Crippen LogP contribution in [0.5, 0.6) is 5.75 Å². The number of primary amides is 1. The highest BCUT2D eigenvalue weighted by molar-refractivity contribution is 5.94. The van der Waals surface area contributed by atoms with E-state index in [1.165, 1.54) is 12.1 Å². The molecule has 1 aliphatic heterocycles. The highest BCUT2D eigenvalue weighted by atomic mass is 16.3. The van der Waals surface area contributed by atoms with E-state index in [1.54, 1.807) is 6.07 Å². The van der Waals surface area contributed by atoms with Crippen LogP contribution in [0.4, 0.5) is 5.69 Å². The minimum atomic E-state index is -1.15. The molecular formula is C13H19N5O4. The summed E-state index contributed by atoms with van der Waals surface area (Å²) in [6.45, 7) is 0.468. The summed E-state index contributed by atoms with van der Waals surface area (Å²) in [5.41, 5.74) is 5.85. The van der Waals surface area contributed by atoms with E-state index < -0.39 is 18.2 Å². The number of nitrogens with two attached hydrogens (primary N) is 1. The Bertz CT molecular complexity index is 578. The number of aliphatic hydroxyl groups excluding tert-OH is 2. The number of carbonyl (C=O) groups excluding carboxylic acids is 1. The van der Waals surface area contributed by atoms with E-state index in [4.69, 9.17) is 5.73 Å². The number of aromatic hydroxyl groups is 1. The molecule has 0 spiro atoms. The molecule has 22 heavy (non-hydrogen) atoms. The SMILES string of the molecule is NC(=O)CNC(O)c1cc(O)cc(NC2=NCC(O)CN2)c1. The fourth-order valence-corrected chi connectivity index (χ4v) is 1.93. The number of carbonyl (C=O) groups is 1. The first-order chi connectivity index (χ1) is 10.4. The van der Waals surface area contributed by atoms with Gasteiger partial charge in [0.25, 0.3) is 0 Å². The van der Waals surface area contributed by atoms with Gasteiger partial charge in [-0.05, 0) is 12.1 Å². The van der Waals surface area contributed by atoms with Crippen LogP contribution in [0.2, 0.25) is 0 Å². The maximum Gasteiger partial charge on any atom is 0.231 e. The summed E-state index contributed by atoms with van der Waals surface area (Å²) in [5, 5.41) is 37.3. The van der Waals surface area contributed by atoms with Gasteiger partial charge in [-0.25, -0.2) is 0 Å². The van der Waals surface area contributed by atoms with Crippen molar-refractivity contribution in [2.45, 2.75) is 12.3 Å². The lowest BCUT2D eigenvalue weighted by Crippen LogP contribution is -2.42. The van der Waals surface area contributed by atoms with Crippen molar-refractivity contribution < 1.29 is 20.1 Å². The lowest BCUT2D eigenvalue weighted by Gasteiger charge is -2.20. The summed E-state index contributed by atoms with van der Waals surface area (Å²) in [6, 6.07) is 4.41. The number of anilines is 1. The Hall–Kier alpha value is -2.36. The first-order valence-corrected chi connectivity index (χ1v) is 6.71. The molecule has 1 aromatic carbocycles. The molecule has 0 aliphatic carbocycles. The van der Waals surface area contributed by atoms with Crippen LogP contribution in [0.1, 0.15) is 11.8 Å². The van der Waals surface area contributed by atoms with Gasteiger partial charge < -0.3 is 31.7 Å². The molecule has 9 nitrogen and oxygen atoms in total. The molecule has 1 heterocycles. The number of hydrogen-bond acceptors (Lipinski definition) is 8. The summed E-state index contributed by atoms with van der Waals surface area (Å²) < 4.78 is 0. The number of phenolic OH excluding ortho intramolecular Hbond substituents is 1. The van der Waals surface area contributed by atoms with Gasteiger partial charge >= 0.3 is 0 Å². The van der Waals surface area contributed by atoms with Gasteiger partial charge in [-0.3, -0.25) is 15.1 Å². The average molecular weight is 309 g/mol. The van der Waals surface area contributed by atoms with E-state index in [0.717, 1.165) is 0 Å². The van der Waals surface area contributed by atoms with Crippen molar-refractivity contribution in [1.29, 1.82) is 0 Å². The number of aliphatic imine (C=N–C) groups is 1. The van der Waals surface area contributed by atoms with Crippen molar-refractivity contribution in [1.82, 2.24) is 10.6 Å². The molecule has 0 aromatic heterocycles. The van der Waals surface area contributed by atoms with E-state index >= 15 is 0 Å². The second-order valence-corrected chi connectivity index (χ2v) is 4.91. The summed E-state index contributed by atoms with van der Waals surface area (Å²) >= 11 is 0. The van der Waals surface area contributed by atoms with Crippen LogP contribution in [0, 0.1) is 0 Å². The maximum absolute atomic E-state index is 10.7. The lowest BCUT2D eigenvalue weighted by molar-refractivity contribution is -0.117. The Labute approximate surface area is 126 Å². The molecule has 1 aromatic rings. The number of phenols is 1. The third-order valence-electron chi connectivity index (χ3n) is 2.95. The minimum Gasteiger partial charge on any atom is -0.508 e. The van der Waals surface area contributed by atoms with Crippen LogP contribution in [-0.4, -0.2) is 52.9 Å². The fraction of sp³-hybridized carbons (Fsp3) is 0.385. The van der Waals surface area contributed by atoms with Crippen LogP contribution in [0.3, 0.4) is 0 Å². The van der Waals surface area contributed by atoms with Gasteiger partial charge in [0.1, 0.15) is 12.0 Å². The Morgan fingerprint density at radius 3 is 2.91 bits per heavy atom. The molecule has 2 atom stereocenters. The Morgan fingerprint density at radius 2 is 2.27 bits per heavy atom. The fourth-order valence-electron chi connectivity index (χ4n) is 1.93. The molecule has 8 N–H and O–H groups in total. The number of β-amino-alcohol motifs (C(OH)–C–C–N with tert-alkyl or cyclic N) is 1. The quantitative estimate of drug-likeness (QED) is 0.316. The van der Waals surface area contributed by atoms with Gasteiger partial charge in [0.2, 0.25) is 5.91 Å². The van der Waals surface area contributed by atoms with E-state index in [1.807, 2.05) is 0 Å². The number of nitrogens with zero attached hydrogens (tertiary/aromatic N) is 1. The van der Waals surface area contributed by atoms with Crippen LogP contribution >= 0.6 is 0 Å². The average Bonchev–Trinajstić information content (AvgIpc) is 2.46. The summed E-state index contributed by atoms with van der Waals surface area (Å²) in [4.78, 5) is 14.8. The number of amides is 1. The van der Waals surface area contributed by atoms with Crippen molar-refractivity contribution in [2.75, 3.05) is 25.0 Å². The number of aliphatic hydroxyl groups is 2. The standard InChI is InChI=1S/C13H19N5O4/c14-11(21)6-15-12(22)7-1-8(3-9(19)2-7)18-13-16-4-10(20)5-17-13/h1-3,10,12,15,19-20,22H,4-6H2,(H2,14,21)(H2,16,17,18). The van der Waals surface area contributed by atoms with Gasteiger partial charge in [-0.1, -0.05) is 0 Å². The second kappa shape index (κ2) is 7.07. The van der Waals surface area contributed by atoms with Crippen LogP contribution in [0.25, 0.3) is 0 Å². The van der Waals surface area contributed by atoms with Gasteiger partial charge in [0.15, 0.2) is 5.96 Å². The van der Waals surface area contributed by atoms with E-state index in [9.17, 15) is 20.1 Å². The van der Waals surface area contributed by atoms with E-state index in [0.29, 0.717) is 23.8 Å². The first-order valence-electron chi connectivity index (χ1n) is 6.71. The molecule has 120 valence electrons. The number of nitrogens with one attached hydrogen (secondary N) is 3. The van der Waals surface area contributed by atoms with Crippen LogP contribution in [-0.2, 0) is 4.79 Å². The molecule has 0 radical (unpaired) electrons. The molecule has 0 saturated heterocycles. The molecule has 2 unspecified atom stereocenters. The normalized spacial score (nSPS) is 19.0. The molecule has 2 rings (SSSR count). The smallest absolute Gasteiger partial charge is 0.231 e. The third-order valence-corrected chi connectivity index (χ3v) is 2.95. The molecule has 0 bridgehead atoms. The summed E-state index contributed by atoms with van der Waals surface area (Å²) in [5.74, 6) is -0.199. The third kappa shape index (κ3) is 4.58. The highest BCUT2D eigenvalue weighted by Gasteiger charge is 2.14. The van der Waals surface area contributed by atoms with Gasteiger partial charge in [-0.2, -0.15) is 0 Å². The van der Waals surface area contributed by atoms with Crippen molar-refractivity contribution >= 4 is 17.6 Å². The largest absolute Gasteiger partial charge is 0.508 e. The van der Waals surface area contributed by atoms with Crippen molar-refractivity contribution in [3.63, 3.8) is 0 Å². The van der Waals surface area contributed by atoms with E-state index in [2.05, 4.69) is 20.9 Å². The Kier molecular flexibility index (Phi) is 5.15. The molecule has 1 aliphatic rings. The number of hydrogen-bond donors (Lipinski definition) is 7. The van der Waals surface area contributed by atoms with Crippen LogP contribution in [0.15, 0.2) is 23.2 Å². The maximum atomic E-state index is 10.7. The number of rotatable bonds is 5. The predicted octanol–water partition coefficient (Wildman–Crippen LogP) is -1.81. The molecule has 0 fully saturated rings. The zero-order valence-corrected chi connectivity index (χ0v) is 11.8.